The molecule has 1 N–H and O–H groups in total. The van der Waals surface area contributed by atoms with Gasteiger partial charge in [-0.25, -0.2) is 0 Å². The molecule has 1 amide bonds. The molecule has 1 aliphatic heterocycles. The third kappa shape index (κ3) is 3.82. The molecular formula is C13H19N3O. The van der Waals surface area contributed by atoms with E-state index >= 15 is 0 Å². The van der Waals surface area contributed by atoms with Crippen molar-refractivity contribution in [1.82, 2.24) is 15.2 Å². The smallest absolute Gasteiger partial charge is 0.222 e. The predicted octanol–water partition coefficient (Wildman–Crippen LogP) is 0.836. The fourth-order valence-electron chi connectivity index (χ4n) is 2.05. The molecule has 17 heavy (non-hydrogen) atoms. The summed E-state index contributed by atoms with van der Waals surface area (Å²) in [7, 11) is 0. The molecule has 0 spiro atoms. The highest BCUT2D eigenvalue weighted by Gasteiger charge is 2.14. The summed E-state index contributed by atoms with van der Waals surface area (Å²) in [6.07, 6.45) is 6.02. The lowest BCUT2D eigenvalue weighted by molar-refractivity contribution is -0.130. The number of carbonyl (C=O) groups is 1. The van der Waals surface area contributed by atoms with Crippen LogP contribution in [0.25, 0.3) is 0 Å². The van der Waals surface area contributed by atoms with Crippen molar-refractivity contribution in [2.45, 2.75) is 19.3 Å². The first kappa shape index (κ1) is 12.0. The minimum Gasteiger partial charge on any atom is -0.341 e. The lowest BCUT2D eigenvalue weighted by Gasteiger charge is -2.19. The number of carbonyl (C=O) groups excluding carboxylic acids is 1. The highest BCUT2D eigenvalue weighted by atomic mass is 16.2. The third-order valence-corrected chi connectivity index (χ3v) is 3.04. The third-order valence-electron chi connectivity index (χ3n) is 3.04. The zero-order chi connectivity index (χ0) is 11.9. The van der Waals surface area contributed by atoms with Crippen molar-refractivity contribution >= 4 is 5.91 Å². The van der Waals surface area contributed by atoms with Gasteiger partial charge in [-0.1, -0.05) is 6.07 Å². The van der Waals surface area contributed by atoms with E-state index in [-0.39, 0.29) is 5.91 Å². The molecule has 4 nitrogen and oxygen atoms in total. The van der Waals surface area contributed by atoms with Crippen molar-refractivity contribution in [2.24, 2.45) is 0 Å². The average Bonchev–Trinajstić information content (AvgIpc) is 2.66. The minimum atomic E-state index is 0.262. The van der Waals surface area contributed by atoms with E-state index in [1.165, 1.54) is 0 Å². The van der Waals surface area contributed by atoms with Gasteiger partial charge in [-0.05, 0) is 31.0 Å². The molecule has 0 saturated carbocycles. The van der Waals surface area contributed by atoms with Gasteiger partial charge < -0.3 is 10.2 Å². The largest absolute Gasteiger partial charge is 0.341 e. The van der Waals surface area contributed by atoms with Gasteiger partial charge in [-0.2, -0.15) is 0 Å². The van der Waals surface area contributed by atoms with Gasteiger partial charge in [0.25, 0.3) is 0 Å². The second kappa shape index (κ2) is 6.35. The number of nitrogens with one attached hydrogen (secondary N) is 1. The molecule has 0 radical (unpaired) electrons. The Balaban J connectivity index is 1.80. The minimum absolute atomic E-state index is 0.262. The van der Waals surface area contributed by atoms with Crippen LogP contribution in [0.15, 0.2) is 24.5 Å². The van der Waals surface area contributed by atoms with E-state index in [1.54, 1.807) is 6.20 Å². The zero-order valence-electron chi connectivity index (χ0n) is 10.1. The summed E-state index contributed by atoms with van der Waals surface area (Å²) in [5.74, 6) is 0.262. The molecule has 1 aromatic heterocycles. The molecule has 0 unspecified atom stereocenters. The van der Waals surface area contributed by atoms with E-state index in [4.69, 9.17) is 0 Å². The van der Waals surface area contributed by atoms with Gasteiger partial charge in [0.1, 0.15) is 0 Å². The fraction of sp³-hybridized carbons (Fsp3) is 0.538. The number of nitrogens with zero attached hydrogens (tertiary/aromatic N) is 2. The van der Waals surface area contributed by atoms with Crippen molar-refractivity contribution in [3.8, 4) is 0 Å². The zero-order valence-corrected chi connectivity index (χ0v) is 10.1. The van der Waals surface area contributed by atoms with Crippen LogP contribution in [-0.4, -0.2) is 42.0 Å². The maximum atomic E-state index is 12.0. The lowest BCUT2D eigenvalue weighted by Crippen LogP contribution is -2.34. The number of hydrogen-bond acceptors (Lipinski definition) is 3. The van der Waals surface area contributed by atoms with Crippen molar-refractivity contribution in [2.75, 3.05) is 26.2 Å². The second-order valence-corrected chi connectivity index (χ2v) is 4.35. The number of amides is 1. The number of aromatic nitrogens is 1. The Labute approximate surface area is 102 Å². The van der Waals surface area contributed by atoms with Crippen molar-refractivity contribution in [1.29, 1.82) is 0 Å². The van der Waals surface area contributed by atoms with Crippen molar-refractivity contribution in [3.05, 3.63) is 30.1 Å². The Morgan fingerprint density at radius 3 is 3.18 bits per heavy atom. The quantitative estimate of drug-likeness (QED) is 0.841. The molecular weight excluding hydrogens is 214 g/mol. The topological polar surface area (TPSA) is 45.2 Å². The van der Waals surface area contributed by atoms with E-state index in [1.807, 2.05) is 23.2 Å². The molecule has 92 valence electrons. The van der Waals surface area contributed by atoms with Gasteiger partial charge in [0, 0.05) is 38.4 Å². The second-order valence-electron chi connectivity index (χ2n) is 4.35. The molecule has 1 saturated heterocycles. The molecule has 0 bridgehead atoms. The molecule has 4 heteroatoms. The first-order valence-electron chi connectivity index (χ1n) is 6.23. The fourth-order valence-corrected chi connectivity index (χ4v) is 2.05. The van der Waals surface area contributed by atoms with Crippen LogP contribution in [0.2, 0.25) is 0 Å². The first-order chi connectivity index (χ1) is 8.36. The van der Waals surface area contributed by atoms with E-state index < -0.39 is 0 Å². The number of rotatable bonds is 3. The molecule has 0 aromatic carbocycles. The van der Waals surface area contributed by atoms with Crippen LogP contribution in [-0.2, 0) is 11.2 Å². The van der Waals surface area contributed by atoms with Gasteiger partial charge in [0.2, 0.25) is 5.91 Å². The van der Waals surface area contributed by atoms with Crippen LogP contribution in [0.5, 0.6) is 0 Å². The summed E-state index contributed by atoms with van der Waals surface area (Å²) in [5.41, 5.74) is 1.13. The summed E-state index contributed by atoms with van der Waals surface area (Å²) >= 11 is 0. The number of pyridine rings is 1. The Morgan fingerprint density at radius 2 is 2.35 bits per heavy atom. The first-order valence-corrected chi connectivity index (χ1v) is 6.23. The van der Waals surface area contributed by atoms with E-state index in [0.717, 1.165) is 44.6 Å². The summed E-state index contributed by atoms with van der Waals surface area (Å²) in [6.45, 7) is 3.66. The summed E-state index contributed by atoms with van der Waals surface area (Å²) in [5, 5.41) is 3.30. The van der Waals surface area contributed by atoms with Crippen LogP contribution in [0.3, 0.4) is 0 Å². The highest BCUT2D eigenvalue weighted by Crippen LogP contribution is 2.05. The van der Waals surface area contributed by atoms with Gasteiger partial charge in [-0.3, -0.25) is 9.78 Å². The number of hydrogen-bond donors (Lipinski definition) is 1. The lowest BCUT2D eigenvalue weighted by atomic mass is 10.1. The summed E-state index contributed by atoms with van der Waals surface area (Å²) in [6, 6.07) is 3.93. The molecule has 2 rings (SSSR count). The number of aryl methyl sites for hydroxylation is 1. The molecule has 1 aromatic rings. The molecule has 0 aliphatic carbocycles. The maximum absolute atomic E-state index is 12.0. The van der Waals surface area contributed by atoms with Crippen LogP contribution in [0.4, 0.5) is 0 Å². The monoisotopic (exact) mass is 233 g/mol. The van der Waals surface area contributed by atoms with Crippen molar-refractivity contribution in [3.63, 3.8) is 0 Å². The van der Waals surface area contributed by atoms with Crippen LogP contribution in [0, 0.1) is 0 Å². The van der Waals surface area contributed by atoms with Crippen molar-refractivity contribution < 1.29 is 4.79 Å². The normalized spacial score (nSPS) is 16.6. The SMILES string of the molecule is O=C(CCc1cccnc1)N1CCCNCC1. The maximum Gasteiger partial charge on any atom is 0.222 e. The highest BCUT2D eigenvalue weighted by molar-refractivity contribution is 5.76. The Kier molecular flexibility index (Phi) is 4.50. The average molecular weight is 233 g/mol. The molecule has 1 fully saturated rings. The van der Waals surface area contributed by atoms with E-state index in [9.17, 15) is 4.79 Å². The van der Waals surface area contributed by atoms with Gasteiger partial charge >= 0.3 is 0 Å². The Bertz CT molecular complexity index is 345. The summed E-state index contributed by atoms with van der Waals surface area (Å²) < 4.78 is 0. The van der Waals surface area contributed by atoms with Gasteiger partial charge in [-0.15, -0.1) is 0 Å². The van der Waals surface area contributed by atoms with E-state index in [0.29, 0.717) is 6.42 Å². The molecule has 1 aliphatic rings. The van der Waals surface area contributed by atoms with Crippen LogP contribution in [0.1, 0.15) is 18.4 Å². The summed E-state index contributed by atoms with van der Waals surface area (Å²) in [4.78, 5) is 18.0. The molecule has 2 heterocycles. The van der Waals surface area contributed by atoms with Gasteiger partial charge in [0.15, 0.2) is 0 Å². The van der Waals surface area contributed by atoms with E-state index in [2.05, 4.69) is 10.3 Å². The Hall–Kier alpha value is -1.42. The van der Waals surface area contributed by atoms with Crippen LogP contribution < -0.4 is 5.32 Å². The Morgan fingerprint density at radius 1 is 1.41 bits per heavy atom. The molecule has 0 atom stereocenters. The predicted molar refractivity (Wildman–Crippen MR) is 66.6 cm³/mol. The standard InChI is InChI=1S/C13H19N3O/c17-13(16-9-2-7-14-8-10-16)5-4-12-3-1-6-15-11-12/h1,3,6,11,14H,2,4-5,7-10H2. The van der Waals surface area contributed by atoms with Crippen LogP contribution >= 0.6 is 0 Å². The van der Waals surface area contributed by atoms with Gasteiger partial charge in [0.05, 0.1) is 0 Å².